The van der Waals surface area contributed by atoms with Crippen LogP contribution in [0, 0.1) is 24.7 Å². The van der Waals surface area contributed by atoms with Crippen LogP contribution in [0.4, 0.5) is 0 Å². The molecule has 1 heteroatoms. The van der Waals surface area contributed by atoms with E-state index < -0.39 is 0 Å². The van der Waals surface area contributed by atoms with Gasteiger partial charge in [0.1, 0.15) is 0 Å². The second kappa shape index (κ2) is 5.22. The average Bonchev–Trinajstić information content (AvgIpc) is 2.32. The van der Waals surface area contributed by atoms with Gasteiger partial charge in [-0.05, 0) is 43.1 Å². The van der Waals surface area contributed by atoms with Crippen LogP contribution in [0.5, 0.6) is 0 Å². The molecule has 1 saturated carbocycles. The quantitative estimate of drug-likeness (QED) is 0.816. The van der Waals surface area contributed by atoms with E-state index in [4.69, 9.17) is 5.73 Å². The first-order valence-corrected chi connectivity index (χ1v) is 6.90. The summed E-state index contributed by atoms with van der Waals surface area (Å²) in [6.45, 7) is 6.89. The van der Waals surface area contributed by atoms with Crippen LogP contribution in [0.1, 0.15) is 50.3 Å². The Morgan fingerprint density at radius 2 is 1.94 bits per heavy atom. The molecule has 0 heterocycles. The first kappa shape index (κ1) is 12.6. The maximum absolute atomic E-state index is 6.45. The van der Waals surface area contributed by atoms with Gasteiger partial charge in [0.25, 0.3) is 0 Å². The minimum absolute atomic E-state index is 0.227. The number of benzene rings is 1. The zero-order valence-corrected chi connectivity index (χ0v) is 11.3. The van der Waals surface area contributed by atoms with E-state index in [0.717, 1.165) is 11.8 Å². The summed E-state index contributed by atoms with van der Waals surface area (Å²) < 4.78 is 0. The molecule has 17 heavy (non-hydrogen) atoms. The van der Waals surface area contributed by atoms with Gasteiger partial charge < -0.3 is 5.73 Å². The summed E-state index contributed by atoms with van der Waals surface area (Å²) in [5.41, 5.74) is 9.08. The van der Waals surface area contributed by atoms with Crippen LogP contribution < -0.4 is 5.73 Å². The molecule has 1 aliphatic carbocycles. The van der Waals surface area contributed by atoms with Crippen molar-refractivity contribution < 1.29 is 0 Å². The highest BCUT2D eigenvalue weighted by Crippen LogP contribution is 2.38. The van der Waals surface area contributed by atoms with Gasteiger partial charge in [-0.1, -0.05) is 50.1 Å². The highest BCUT2D eigenvalue weighted by atomic mass is 14.7. The Hall–Kier alpha value is -0.820. The van der Waals surface area contributed by atoms with E-state index >= 15 is 0 Å². The monoisotopic (exact) mass is 231 g/mol. The fraction of sp³-hybridized carbons (Fsp3) is 0.625. The van der Waals surface area contributed by atoms with Crippen molar-refractivity contribution in [1.29, 1.82) is 0 Å². The van der Waals surface area contributed by atoms with Crippen LogP contribution in [0.25, 0.3) is 0 Å². The van der Waals surface area contributed by atoms with Gasteiger partial charge in [-0.3, -0.25) is 0 Å². The average molecular weight is 231 g/mol. The highest BCUT2D eigenvalue weighted by Gasteiger charge is 2.28. The van der Waals surface area contributed by atoms with Crippen molar-refractivity contribution in [3.05, 3.63) is 35.4 Å². The number of rotatable bonds is 2. The Labute approximate surface area is 105 Å². The normalized spacial score (nSPS) is 31.2. The van der Waals surface area contributed by atoms with E-state index in [-0.39, 0.29) is 6.04 Å². The number of nitrogens with two attached hydrogens (primary N) is 1. The zero-order chi connectivity index (χ0) is 12.4. The molecule has 4 atom stereocenters. The second-order valence-corrected chi connectivity index (χ2v) is 5.97. The summed E-state index contributed by atoms with van der Waals surface area (Å²) in [4.78, 5) is 0. The van der Waals surface area contributed by atoms with Crippen LogP contribution in [-0.4, -0.2) is 0 Å². The van der Waals surface area contributed by atoms with Gasteiger partial charge in [0.15, 0.2) is 0 Å². The summed E-state index contributed by atoms with van der Waals surface area (Å²) in [5, 5.41) is 0. The molecule has 1 aromatic carbocycles. The van der Waals surface area contributed by atoms with Crippen molar-refractivity contribution in [1.82, 2.24) is 0 Å². The molecule has 1 aliphatic rings. The third kappa shape index (κ3) is 2.90. The largest absolute Gasteiger partial charge is 0.324 e. The molecule has 0 aliphatic heterocycles. The van der Waals surface area contributed by atoms with Crippen molar-refractivity contribution >= 4 is 0 Å². The zero-order valence-electron chi connectivity index (χ0n) is 11.3. The molecule has 2 rings (SSSR count). The van der Waals surface area contributed by atoms with Gasteiger partial charge in [-0.15, -0.1) is 0 Å². The van der Waals surface area contributed by atoms with Crippen LogP contribution >= 0.6 is 0 Å². The molecule has 1 nitrogen and oxygen atoms in total. The van der Waals surface area contributed by atoms with Gasteiger partial charge in [0.05, 0.1) is 0 Å². The molecule has 94 valence electrons. The van der Waals surface area contributed by atoms with Crippen molar-refractivity contribution in [2.45, 2.75) is 46.1 Å². The van der Waals surface area contributed by atoms with E-state index in [1.807, 2.05) is 0 Å². The lowest BCUT2D eigenvalue weighted by Gasteiger charge is -2.35. The van der Waals surface area contributed by atoms with Crippen molar-refractivity contribution in [2.75, 3.05) is 0 Å². The SMILES string of the molecule is Cc1cccc(C(N)C2CCC(C)C(C)C2)c1. The van der Waals surface area contributed by atoms with E-state index in [9.17, 15) is 0 Å². The molecule has 0 bridgehead atoms. The van der Waals surface area contributed by atoms with E-state index in [2.05, 4.69) is 45.0 Å². The standard InChI is InChI=1S/C16H25N/c1-11-5-4-6-14(9-11)16(17)15-8-7-12(2)13(3)10-15/h4-6,9,12-13,15-16H,7-8,10,17H2,1-3H3. The van der Waals surface area contributed by atoms with Gasteiger partial charge in [-0.25, -0.2) is 0 Å². The molecule has 4 unspecified atom stereocenters. The Bertz CT molecular complexity index is 372. The first-order chi connectivity index (χ1) is 8.08. The van der Waals surface area contributed by atoms with Crippen molar-refractivity contribution in [3.8, 4) is 0 Å². The van der Waals surface area contributed by atoms with Crippen LogP contribution in [0.3, 0.4) is 0 Å². The molecular weight excluding hydrogens is 206 g/mol. The third-order valence-corrected chi connectivity index (χ3v) is 4.57. The lowest BCUT2D eigenvalue weighted by molar-refractivity contribution is 0.186. The van der Waals surface area contributed by atoms with Crippen LogP contribution in [0.15, 0.2) is 24.3 Å². The number of hydrogen-bond acceptors (Lipinski definition) is 1. The summed E-state index contributed by atoms with van der Waals surface area (Å²) in [5.74, 6) is 2.36. The van der Waals surface area contributed by atoms with Gasteiger partial charge >= 0.3 is 0 Å². The maximum atomic E-state index is 6.45. The molecule has 0 spiro atoms. The van der Waals surface area contributed by atoms with Crippen LogP contribution in [-0.2, 0) is 0 Å². The molecule has 0 saturated heterocycles. The molecule has 1 aromatic rings. The number of aryl methyl sites for hydroxylation is 1. The number of hydrogen-bond donors (Lipinski definition) is 1. The minimum atomic E-state index is 0.227. The maximum Gasteiger partial charge on any atom is 0.0323 e. The lowest BCUT2D eigenvalue weighted by Crippen LogP contribution is -2.29. The molecule has 0 aromatic heterocycles. The predicted octanol–water partition coefficient (Wildman–Crippen LogP) is 4.07. The lowest BCUT2D eigenvalue weighted by atomic mass is 9.72. The minimum Gasteiger partial charge on any atom is -0.324 e. The predicted molar refractivity (Wildman–Crippen MR) is 73.8 cm³/mol. The van der Waals surface area contributed by atoms with E-state index in [1.54, 1.807) is 0 Å². The fourth-order valence-corrected chi connectivity index (χ4v) is 3.06. The Morgan fingerprint density at radius 3 is 2.59 bits per heavy atom. The van der Waals surface area contributed by atoms with E-state index in [0.29, 0.717) is 5.92 Å². The third-order valence-electron chi connectivity index (χ3n) is 4.57. The molecule has 1 fully saturated rings. The first-order valence-electron chi connectivity index (χ1n) is 6.90. The molecule has 0 radical (unpaired) electrons. The highest BCUT2D eigenvalue weighted by molar-refractivity contribution is 5.25. The summed E-state index contributed by atoms with van der Waals surface area (Å²) in [6.07, 6.45) is 3.92. The smallest absolute Gasteiger partial charge is 0.0323 e. The van der Waals surface area contributed by atoms with Crippen molar-refractivity contribution in [3.63, 3.8) is 0 Å². The topological polar surface area (TPSA) is 26.0 Å². The summed E-state index contributed by atoms with van der Waals surface area (Å²) in [7, 11) is 0. The molecule has 0 amide bonds. The van der Waals surface area contributed by atoms with E-state index in [1.165, 1.54) is 30.4 Å². The van der Waals surface area contributed by atoms with Gasteiger partial charge in [0.2, 0.25) is 0 Å². The van der Waals surface area contributed by atoms with Crippen molar-refractivity contribution in [2.24, 2.45) is 23.5 Å². The fourth-order valence-electron chi connectivity index (χ4n) is 3.06. The molecule has 2 N–H and O–H groups in total. The van der Waals surface area contributed by atoms with Gasteiger partial charge in [0, 0.05) is 6.04 Å². The summed E-state index contributed by atoms with van der Waals surface area (Å²) >= 11 is 0. The van der Waals surface area contributed by atoms with Crippen LogP contribution in [0.2, 0.25) is 0 Å². The second-order valence-electron chi connectivity index (χ2n) is 5.97. The van der Waals surface area contributed by atoms with Gasteiger partial charge in [-0.2, -0.15) is 0 Å². The Kier molecular flexibility index (Phi) is 3.88. The summed E-state index contributed by atoms with van der Waals surface area (Å²) in [6, 6.07) is 8.92. The molecular formula is C16H25N. The Morgan fingerprint density at radius 1 is 1.18 bits per heavy atom. The Balaban J connectivity index is 2.07.